The van der Waals surface area contributed by atoms with Crippen molar-refractivity contribution in [1.82, 2.24) is 15.5 Å². The van der Waals surface area contributed by atoms with Crippen LogP contribution in [-0.2, 0) is 20.9 Å². The molecule has 1 atom stereocenters. The van der Waals surface area contributed by atoms with Gasteiger partial charge in [0.2, 0.25) is 0 Å². The summed E-state index contributed by atoms with van der Waals surface area (Å²) in [5.41, 5.74) is 1.32. The second kappa shape index (κ2) is 10.4. The summed E-state index contributed by atoms with van der Waals surface area (Å²) in [6.07, 6.45) is -0.645. The quantitative estimate of drug-likeness (QED) is 0.637. The Balaban J connectivity index is 1.48. The predicted octanol–water partition coefficient (Wildman–Crippen LogP) is 0.935. The van der Waals surface area contributed by atoms with Gasteiger partial charge in [0.1, 0.15) is 17.7 Å². The molecule has 9 nitrogen and oxygen atoms in total. The third-order valence-corrected chi connectivity index (χ3v) is 4.84. The van der Waals surface area contributed by atoms with Crippen LogP contribution in [0.2, 0.25) is 0 Å². The van der Waals surface area contributed by atoms with E-state index in [2.05, 4.69) is 10.6 Å². The van der Waals surface area contributed by atoms with Gasteiger partial charge in [-0.1, -0.05) is 12.1 Å². The highest BCUT2D eigenvalue weighted by Gasteiger charge is 2.31. The van der Waals surface area contributed by atoms with E-state index in [1.54, 1.807) is 62.8 Å². The maximum atomic E-state index is 12.7. The van der Waals surface area contributed by atoms with Gasteiger partial charge < -0.3 is 29.7 Å². The number of benzene rings is 2. The van der Waals surface area contributed by atoms with Crippen molar-refractivity contribution in [3.63, 3.8) is 0 Å². The van der Waals surface area contributed by atoms with Gasteiger partial charge in [0.05, 0.1) is 27.4 Å². The topological polar surface area (TPSA) is 106 Å². The summed E-state index contributed by atoms with van der Waals surface area (Å²) in [7, 11) is 3.12. The Morgan fingerprint density at radius 2 is 1.52 bits per heavy atom. The Morgan fingerprint density at radius 1 is 0.935 bits per heavy atom. The molecule has 3 rings (SSSR count). The lowest BCUT2D eigenvalue weighted by molar-refractivity contribution is -0.139. The van der Waals surface area contributed by atoms with E-state index in [1.165, 1.54) is 4.90 Å². The van der Waals surface area contributed by atoms with Gasteiger partial charge in [0, 0.05) is 18.7 Å². The number of carbonyl (C=O) groups is 3. The molecule has 1 fully saturated rings. The first-order chi connectivity index (χ1) is 15.0. The second-order valence-electron chi connectivity index (χ2n) is 6.79. The number of ether oxygens (including phenoxy) is 3. The van der Waals surface area contributed by atoms with Crippen molar-refractivity contribution in [2.24, 2.45) is 0 Å². The molecule has 1 heterocycles. The van der Waals surface area contributed by atoms with E-state index in [9.17, 15) is 14.4 Å². The van der Waals surface area contributed by atoms with Crippen molar-refractivity contribution < 1.29 is 28.6 Å². The maximum Gasteiger partial charge on any atom is 0.309 e. The van der Waals surface area contributed by atoms with Gasteiger partial charge in [-0.3, -0.25) is 14.4 Å². The molecule has 164 valence electrons. The zero-order valence-electron chi connectivity index (χ0n) is 17.4. The van der Waals surface area contributed by atoms with Crippen molar-refractivity contribution in [3.05, 3.63) is 59.7 Å². The Labute approximate surface area is 180 Å². The van der Waals surface area contributed by atoms with Crippen LogP contribution in [-0.4, -0.2) is 62.8 Å². The summed E-state index contributed by atoms with van der Waals surface area (Å²) < 4.78 is 15.7. The summed E-state index contributed by atoms with van der Waals surface area (Å²) in [4.78, 5) is 38.5. The first kappa shape index (κ1) is 22.1. The van der Waals surface area contributed by atoms with E-state index >= 15 is 0 Å². The van der Waals surface area contributed by atoms with Crippen LogP contribution >= 0.6 is 0 Å². The summed E-state index contributed by atoms with van der Waals surface area (Å²) in [6.45, 7) is 0.968. The molecule has 1 saturated heterocycles. The van der Waals surface area contributed by atoms with Crippen molar-refractivity contribution in [1.29, 1.82) is 0 Å². The molecule has 0 radical (unpaired) electrons. The van der Waals surface area contributed by atoms with Crippen molar-refractivity contribution in [2.45, 2.75) is 12.8 Å². The van der Waals surface area contributed by atoms with E-state index in [4.69, 9.17) is 14.2 Å². The van der Waals surface area contributed by atoms with Gasteiger partial charge in [-0.25, -0.2) is 0 Å². The van der Waals surface area contributed by atoms with Crippen LogP contribution in [0.25, 0.3) is 0 Å². The number of hydrogen-bond donors (Lipinski definition) is 2. The molecule has 2 aromatic rings. The smallest absolute Gasteiger partial charge is 0.309 e. The van der Waals surface area contributed by atoms with Crippen LogP contribution in [0.1, 0.15) is 15.9 Å². The number of nitrogens with one attached hydrogen (secondary N) is 2. The molecule has 1 aliphatic rings. The van der Waals surface area contributed by atoms with Gasteiger partial charge in [0.25, 0.3) is 5.91 Å². The number of methoxy groups -OCH3 is 2. The number of hydrogen-bond acceptors (Lipinski definition) is 6. The Bertz CT molecular complexity index is 914. The average Bonchev–Trinajstić information content (AvgIpc) is 3.29. The van der Waals surface area contributed by atoms with Crippen molar-refractivity contribution >= 4 is 17.7 Å². The van der Waals surface area contributed by atoms with E-state index in [0.717, 1.165) is 5.56 Å². The molecule has 2 N–H and O–H groups in total. The molecule has 0 bridgehead atoms. The van der Waals surface area contributed by atoms with Crippen LogP contribution in [0.3, 0.4) is 0 Å². The standard InChI is InChI=1S/C22H25N3O6/c1-29-17-7-3-15(4-8-17)13-23-20(26)21(27)24-14-19-25(11-12-31-19)22(28)16-5-9-18(30-2)10-6-16/h3-10,19H,11-14H2,1-2H3,(H,23,26)(H,24,27)/t19-/m1/s1. The highest BCUT2D eigenvalue weighted by molar-refractivity contribution is 6.35. The Hall–Kier alpha value is -3.59. The molecule has 2 aromatic carbocycles. The molecule has 0 aliphatic carbocycles. The highest BCUT2D eigenvalue weighted by Crippen LogP contribution is 2.17. The van der Waals surface area contributed by atoms with Crippen LogP contribution in [0.15, 0.2) is 48.5 Å². The van der Waals surface area contributed by atoms with E-state index < -0.39 is 18.0 Å². The Morgan fingerprint density at radius 3 is 2.13 bits per heavy atom. The van der Waals surface area contributed by atoms with Gasteiger partial charge >= 0.3 is 11.8 Å². The van der Waals surface area contributed by atoms with Gasteiger partial charge in [0.15, 0.2) is 0 Å². The van der Waals surface area contributed by atoms with E-state index in [1.807, 2.05) is 0 Å². The first-order valence-electron chi connectivity index (χ1n) is 9.77. The van der Waals surface area contributed by atoms with Crippen LogP contribution in [0.4, 0.5) is 0 Å². The third-order valence-electron chi connectivity index (χ3n) is 4.84. The monoisotopic (exact) mass is 427 g/mol. The van der Waals surface area contributed by atoms with Gasteiger partial charge in [-0.15, -0.1) is 0 Å². The number of nitrogens with zero attached hydrogens (tertiary/aromatic N) is 1. The molecule has 0 aromatic heterocycles. The molecule has 31 heavy (non-hydrogen) atoms. The summed E-state index contributed by atoms with van der Waals surface area (Å²) in [5, 5.41) is 5.08. The zero-order chi connectivity index (χ0) is 22.2. The highest BCUT2D eigenvalue weighted by atomic mass is 16.5. The zero-order valence-corrected chi connectivity index (χ0v) is 17.4. The minimum Gasteiger partial charge on any atom is -0.497 e. The number of rotatable bonds is 7. The maximum absolute atomic E-state index is 12.7. The molecular formula is C22H25N3O6. The fourth-order valence-corrected chi connectivity index (χ4v) is 3.09. The van der Waals surface area contributed by atoms with E-state index in [0.29, 0.717) is 30.2 Å². The van der Waals surface area contributed by atoms with Crippen LogP contribution in [0, 0.1) is 0 Å². The van der Waals surface area contributed by atoms with E-state index in [-0.39, 0.29) is 19.0 Å². The minimum atomic E-state index is -0.791. The Kier molecular flexibility index (Phi) is 7.45. The molecular weight excluding hydrogens is 402 g/mol. The summed E-state index contributed by atoms with van der Waals surface area (Å²) >= 11 is 0. The van der Waals surface area contributed by atoms with Gasteiger partial charge in [-0.05, 0) is 42.0 Å². The lowest BCUT2D eigenvalue weighted by Crippen LogP contribution is -2.47. The average molecular weight is 427 g/mol. The lowest BCUT2D eigenvalue weighted by atomic mass is 10.2. The summed E-state index contributed by atoms with van der Waals surface area (Å²) in [5.74, 6) is -0.414. The van der Waals surface area contributed by atoms with Gasteiger partial charge in [-0.2, -0.15) is 0 Å². The normalized spacial score (nSPS) is 15.3. The van der Waals surface area contributed by atoms with Crippen LogP contribution in [0.5, 0.6) is 11.5 Å². The largest absolute Gasteiger partial charge is 0.497 e. The fraction of sp³-hybridized carbons (Fsp3) is 0.318. The third kappa shape index (κ3) is 5.73. The molecule has 9 heteroatoms. The lowest BCUT2D eigenvalue weighted by Gasteiger charge is -2.23. The molecule has 1 aliphatic heterocycles. The summed E-state index contributed by atoms with van der Waals surface area (Å²) in [6, 6.07) is 13.9. The number of amides is 3. The first-order valence-corrected chi connectivity index (χ1v) is 9.77. The van der Waals surface area contributed by atoms with Crippen molar-refractivity contribution in [2.75, 3.05) is 33.9 Å². The minimum absolute atomic E-state index is 0.0106. The molecule has 0 spiro atoms. The van der Waals surface area contributed by atoms with Crippen LogP contribution < -0.4 is 20.1 Å². The SMILES string of the molecule is COc1ccc(CNC(=O)C(=O)NC[C@H]2OCCN2C(=O)c2ccc(OC)cc2)cc1. The molecule has 3 amide bonds. The fourth-order valence-electron chi connectivity index (χ4n) is 3.09. The molecule has 0 saturated carbocycles. The second-order valence-corrected chi connectivity index (χ2v) is 6.79. The predicted molar refractivity (Wildman–Crippen MR) is 112 cm³/mol. The molecule has 0 unspecified atom stereocenters. The number of carbonyl (C=O) groups excluding carboxylic acids is 3. The van der Waals surface area contributed by atoms with Crippen molar-refractivity contribution in [3.8, 4) is 11.5 Å².